The molecule has 1 aliphatic rings. The first-order chi connectivity index (χ1) is 13.1. The van der Waals surface area contributed by atoms with Crippen molar-refractivity contribution in [2.24, 2.45) is 0 Å². The highest BCUT2D eigenvalue weighted by atomic mass is 32.1. The van der Waals surface area contributed by atoms with Gasteiger partial charge in [0.2, 0.25) is 0 Å². The maximum Gasteiger partial charge on any atom is 0.339 e. The normalized spacial score (nSPS) is 12.8. The van der Waals surface area contributed by atoms with Gasteiger partial charge in [0.1, 0.15) is 0 Å². The number of thiophene rings is 1. The van der Waals surface area contributed by atoms with Crippen LogP contribution in [-0.2, 0) is 33.7 Å². The van der Waals surface area contributed by atoms with E-state index in [-0.39, 0.29) is 19.1 Å². The third kappa shape index (κ3) is 4.74. The highest BCUT2D eigenvalue weighted by Gasteiger charge is 2.21. The lowest BCUT2D eigenvalue weighted by atomic mass is 9.96. The molecular formula is C20H21NO5S. The number of carbonyl (C=O) groups excluding carboxylic acids is 3. The van der Waals surface area contributed by atoms with Crippen LogP contribution >= 0.6 is 11.3 Å². The van der Waals surface area contributed by atoms with Crippen LogP contribution in [0.25, 0.3) is 0 Å². The largest absolute Gasteiger partial charge is 0.465 e. The molecule has 7 heteroatoms. The van der Waals surface area contributed by atoms with Crippen molar-refractivity contribution in [2.45, 2.75) is 32.2 Å². The maximum absolute atomic E-state index is 12.2. The van der Waals surface area contributed by atoms with Crippen LogP contribution in [-0.4, -0.2) is 31.6 Å². The number of ether oxygens (including phenoxy) is 2. The van der Waals surface area contributed by atoms with E-state index >= 15 is 0 Å². The fourth-order valence-electron chi connectivity index (χ4n) is 3.00. The van der Waals surface area contributed by atoms with E-state index in [0.717, 1.165) is 36.8 Å². The van der Waals surface area contributed by atoms with Crippen molar-refractivity contribution >= 4 is 29.2 Å². The van der Waals surface area contributed by atoms with Crippen molar-refractivity contribution < 1.29 is 23.9 Å². The second kappa shape index (κ2) is 8.81. The van der Waals surface area contributed by atoms with Crippen LogP contribution in [0, 0.1) is 0 Å². The molecule has 0 spiro atoms. The van der Waals surface area contributed by atoms with Crippen LogP contribution in [0.5, 0.6) is 0 Å². The summed E-state index contributed by atoms with van der Waals surface area (Å²) in [6.07, 6.45) is 4.16. The highest BCUT2D eigenvalue weighted by molar-refractivity contribution is 7.10. The summed E-state index contributed by atoms with van der Waals surface area (Å²) in [5, 5.41) is 4.53. The molecule has 27 heavy (non-hydrogen) atoms. The zero-order chi connectivity index (χ0) is 19.2. The zero-order valence-electron chi connectivity index (χ0n) is 15.1. The quantitative estimate of drug-likeness (QED) is 0.771. The minimum atomic E-state index is -0.438. The summed E-state index contributed by atoms with van der Waals surface area (Å²) >= 11 is 1.59. The summed E-state index contributed by atoms with van der Waals surface area (Å²) in [6.45, 7) is -0.0324. The Labute approximate surface area is 161 Å². The number of hydrogen-bond acceptors (Lipinski definition) is 6. The standard InChI is InChI=1S/C20H21NO5S/c1-25-19(23)14-8-6-13(7-9-14)10-21-18(22)11-26-20(24)16-12-27-17-5-3-2-4-15(16)17/h6-9,12H,2-5,10-11H2,1H3,(H,21,22). The molecule has 1 aromatic carbocycles. The van der Waals surface area contributed by atoms with Gasteiger partial charge in [0.15, 0.2) is 6.61 Å². The van der Waals surface area contributed by atoms with E-state index in [1.165, 1.54) is 12.0 Å². The monoisotopic (exact) mass is 387 g/mol. The van der Waals surface area contributed by atoms with E-state index in [9.17, 15) is 14.4 Å². The van der Waals surface area contributed by atoms with Crippen LogP contribution < -0.4 is 5.32 Å². The van der Waals surface area contributed by atoms with Gasteiger partial charge in [0, 0.05) is 16.8 Å². The molecule has 0 saturated carbocycles. The van der Waals surface area contributed by atoms with Crippen molar-refractivity contribution in [3.63, 3.8) is 0 Å². The van der Waals surface area contributed by atoms with Crippen LogP contribution in [0.2, 0.25) is 0 Å². The number of rotatable bonds is 6. The van der Waals surface area contributed by atoms with Gasteiger partial charge in [0.25, 0.3) is 5.91 Å². The molecule has 6 nitrogen and oxygen atoms in total. The Balaban J connectivity index is 1.46. The first kappa shape index (κ1) is 19.1. The number of hydrogen-bond donors (Lipinski definition) is 1. The molecule has 2 aromatic rings. The molecular weight excluding hydrogens is 366 g/mol. The molecule has 142 valence electrons. The summed E-state index contributed by atoms with van der Waals surface area (Å²) in [7, 11) is 1.32. The summed E-state index contributed by atoms with van der Waals surface area (Å²) in [5.74, 6) is -1.22. The first-order valence-corrected chi connectivity index (χ1v) is 9.66. The molecule has 0 radical (unpaired) electrons. The summed E-state index contributed by atoms with van der Waals surface area (Å²) in [4.78, 5) is 36.8. The van der Waals surface area contributed by atoms with Crippen molar-refractivity contribution in [2.75, 3.05) is 13.7 Å². The molecule has 1 aromatic heterocycles. The third-order valence-corrected chi connectivity index (χ3v) is 5.57. The summed E-state index contributed by atoms with van der Waals surface area (Å²) < 4.78 is 9.80. The van der Waals surface area contributed by atoms with Gasteiger partial charge in [-0.2, -0.15) is 0 Å². The number of esters is 2. The number of nitrogens with one attached hydrogen (secondary N) is 1. The molecule has 1 N–H and O–H groups in total. The van der Waals surface area contributed by atoms with Crippen molar-refractivity contribution in [1.82, 2.24) is 5.32 Å². The fourth-order valence-corrected chi connectivity index (χ4v) is 4.12. The molecule has 0 atom stereocenters. The molecule has 3 rings (SSSR count). The van der Waals surface area contributed by atoms with Gasteiger partial charge in [-0.1, -0.05) is 12.1 Å². The van der Waals surface area contributed by atoms with Gasteiger partial charge in [-0.05, 0) is 48.9 Å². The maximum atomic E-state index is 12.2. The minimum Gasteiger partial charge on any atom is -0.465 e. The van der Waals surface area contributed by atoms with Crippen molar-refractivity contribution in [3.05, 3.63) is 56.8 Å². The van der Waals surface area contributed by atoms with Gasteiger partial charge >= 0.3 is 11.9 Å². The number of benzene rings is 1. The van der Waals surface area contributed by atoms with Crippen LogP contribution in [0.4, 0.5) is 0 Å². The molecule has 1 heterocycles. The van der Waals surface area contributed by atoms with E-state index in [1.807, 2.05) is 5.38 Å². The predicted molar refractivity (Wildman–Crippen MR) is 101 cm³/mol. The molecule has 0 bridgehead atoms. The number of methoxy groups -OCH3 is 1. The number of carbonyl (C=O) groups is 3. The van der Waals surface area contributed by atoms with Crippen LogP contribution in [0.15, 0.2) is 29.6 Å². The van der Waals surface area contributed by atoms with Gasteiger partial charge in [-0.3, -0.25) is 4.79 Å². The van der Waals surface area contributed by atoms with E-state index in [2.05, 4.69) is 10.1 Å². The van der Waals surface area contributed by atoms with Gasteiger partial charge in [0.05, 0.1) is 18.2 Å². The number of amides is 1. The second-order valence-electron chi connectivity index (χ2n) is 6.30. The summed E-state index contributed by atoms with van der Waals surface area (Å²) in [5.41, 5.74) is 2.96. The van der Waals surface area contributed by atoms with E-state index in [0.29, 0.717) is 11.1 Å². The Kier molecular flexibility index (Phi) is 6.24. The zero-order valence-corrected chi connectivity index (χ0v) is 15.9. The predicted octanol–water partition coefficient (Wildman–Crippen LogP) is 2.89. The Morgan fingerprint density at radius 1 is 1.07 bits per heavy atom. The average Bonchev–Trinajstić information content (AvgIpc) is 3.14. The highest BCUT2D eigenvalue weighted by Crippen LogP contribution is 2.30. The lowest BCUT2D eigenvalue weighted by molar-refractivity contribution is -0.124. The molecule has 1 amide bonds. The minimum absolute atomic E-state index is 0.283. The fraction of sp³-hybridized carbons (Fsp3) is 0.350. The van der Waals surface area contributed by atoms with E-state index in [4.69, 9.17) is 4.74 Å². The molecule has 0 aliphatic heterocycles. The second-order valence-corrected chi connectivity index (χ2v) is 7.26. The van der Waals surface area contributed by atoms with E-state index in [1.54, 1.807) is 35.6 Å². The summed E-state index contributed by atoms with van der Waals surface area (Å²) in [6, 6.07) is 6.73. The van der Waals surface area contributed by atoms with Crippen molar-refractivity contribution in [1.29, 1.82) is 0 Å². The number of fused-ring (bicyclic) bond motifs is 1. The smallest absolute Gasteiger partial charge is 0.339 e. The van der Waals surface area contributed by atoms with E-state index < -0.39 is 11.9 Å². The number of aryl methyl sites for hydroxylation is 1. The van der Waals surface area contributed by atoms with Gasteiger partial charge in [-0.25, -0.2) is 9.59 Å². The third-order valence-electron chi connectivity index (χ3n) is 4.48. The Bertz CT molecular complexity index is 841. The Morgan fingerprint density at radius 3 is 2.56 bits per heavy atom. The van der Waals surface area contributed by atoms with Crippen molar-refractivity contribution in [3.8, 4) is 0 Å². The van der Waals surface area contributed by atoms with Gasteiger partial charge < -0.3 is 14.8 Å². The van der Waals surface area contributed by atoms with Crippen LogP contribution in [0.1, 0.15) is 49.6 Å². The lowest BCUT2D eigenvalue weighted by Crippen LogP contribution is -2.28. The average molecular weight is 387 g/mol. The van der Waals surface area contributed by atoms with Crippen LogP contribution in [0.3, 0.4) is 0 Å². The Hall–Kier alpha value is -2.67. The molecule has 0 fully saturated rings. The SMILES string of the molecule is COC(=O)c1ccc(CNC(=O)COC(=O)c2csc3c2CCCC3)cc1. The molecule has 0 unspecified atom stereocenters. The topological polar surface area (TPSA) is 81.7 Å². The Morgan fingerprint density at radius 2 is 1.81 bits per heavy atom. The molecule has 1 aliphatic carbocycles. The van der Waals surface area contributed by atoms with Gasteiger partial charge in [-0.15, -0.1) is 11.3 Å². The first-order valence-electron chi connectivity index (χ1n) is 8.79. The molecule has 0 saturated heterocycles. The lowest BCUT2D eigenvalue weighted by Gasteiger charge is -2.12.